The van der Waals surface area contributed by atoms with Crippen molar-refractivity contribution in [1.82, 2.24) is 39.2 Å². The number of amides is 2. The second-order valence-corrected chi connectivity index (χ2v) is 15.5. The fourth-order valence-corrected chi connectivity index (χ4v) is 9.00. The maximum absolute atomic E-state index is 14.0. The Kier molecular flexibility index (Phi) is 9.96. The van der Waals surface area contributed by atoms with E-state index in [0.29, 0.717) is 64.2 Å². The second-order valence-electron chi connectivity index (χ2n) is 15.1. The van der Waals surface area contributed by atoms with Gasteiger partial charge < -0.3 is 25.4 Å². The van der Waals surface area contributed by atoms with Crippen LogP contribution >= 0.6 is 11.6 Å². The number of fused-ring (bicyclic) bond motifs is 2. The number of alkyl halides is 3. The number of aryl methyl sites for hydroxylation is 2. The normalized spacial score (nSPS) is 19.6. The minimum Gasteiger partial charge on any atom is -0.481 e. The van der Waals surface area contributed by atoms with E-state index in [9.17, 15) is 32.7 Å². The lowest BCUT2D eigenvalue weighted by Crippen LogP contribution is -2.61. The fraction of sp³-hybridized carbons (Fsp3) is 0.400. The smallest absolute Gasteiger partial charge is 0.451 e. The molecule has 14 nitrogen and oxygen atoms in total. The number of benzene rings is 2. The van der Waals surface area contributed by atoms with E-state index in [0.717, 1.165) is 52.5 Å². The molecule has 2 aromatic carbocycles. The Bertz CT molecular complexity index is 2620. The summed E-state index contributed by atoms with van der Waals surface area (Å²) in [6.07, 6.45) is -1.68. The van der Waals surface area contributed by atoms with Gasteiger partial charge in [0.1, 0.15) is 11.2 Å². The number of rotatable bonds is 8. The van der Waals surface area contributed by atoms with E-state index in [1.54, 1.807) is 31.1 Å². The number of aliphatic hydroxyl groups excluding tert-OH is 1. The van der Waals surface area contributed by atoms with E-state index in [1.807, 2.05) is 30.3 Å². The molecule has 0 bridgehead atoms. The number of methoxy groups -OCH3 is 1. The Hall–Kier alpha value is -5.52. The number of carbonyl (C=O) groups is 1. The van der Waals surface area contributed by atoms with Gasteiger partial charge in [-0.1, -0.05) is 41.9 Å². The third-order valence-electron chi connectivity index (χ3n) is 11.7. The number of ether oxygens (including phenoxy) is 1. The Labute approximate surface area is 335 Å². The predicted molar refractivity (Wildman–Crippen MR) is 212 cm³/mol. The molecule has 3 aliphatic rings. The number of carbonyl (C=O) groups excluding carboxylic acids is 1. The summed E-state index contributed by atoms with van der Waals surface area (Å²) < 4.78 is 49.5. The third-order valence-corrected chi connectivity index (χ3v) is 12.1. The van der Waals surface area contributed by atoms with Crippen molar-refractivity contribution in [2.45, 2.75) is 50.4 Å². The molecule has 2 fully saturated rings. The quantitative estimate of drug-likeness (QED) is 0.187. The van der Waals surface area contributed by atoms with Crippen LogP contribution in [0.5, 0.6) is 5.88 Å². The van der Waals surface area contributed by atoms with Crippen molar-refractivity contribution >= 4 is 40.2 Å². The van der Waals surface area contributed by atoms with Crippen LogP contribution in [0.4, 0.5) is 29.5 Å². The molecule has 2 amide bonds. The van der Waals surface area contributed by atoms with Crippen LogP contribution in [-0.4, -0.2) is 90.5 Å². The summed E-state index contributed by atoms with van der Waals surface area (Å²) in [7, 11) is 4.06. The van der Waals surface area contributed by atoms with E-state index in [2.05, 4.69) is 25.5 Å². The average molecular weight is 820 g/mol. The molecule has 0 unspecified atom stereocenters. The van der Waals surface area contributed by atoms with Gasteiger partial charge in [0.2, 0.25) is 11.7 Å². The molecule has 0 saturated carbocycles. The number of aliphatic hydroxyl groups is 1. The molecule has 58 heavy (non-hydrogen) atoms. The first-order chi connectivity index (χ1) is 27.6. The van der Waals surface area contributed by atoms with Crippen LogP contribution in [-0.2, 0) is 26.7 Å². The van der Waals surface area contributed by atoms with Gasteiger partial charge in [-0.3, -0.25) is 18.8 Å². The largest absolute Gasteiger partial charge is 0.481 e. The van der Waals surface area contributed by atoms with Crippen LogP contribution in [0.1, 0.15) is 47.8 Å². The minimum absolute atomic E-state index is 0.0576. The number of hydrogen-bond donors (Lipinski definition) is 3. The Balaban J connectivity index is 1.11. The Morgan fingerprint density at radius 2 is 1.74 bits per heavy atom. The molecular formula is C40H41ClF3N9O5. The van der Waals surface area contributed by atoms with Gasteiger partial charge in [-0.2, -0.15) is 13.2 Å². The monoisotopic (exact) mass is 819 g/mol. The number of halogens is 4. The molecule has 5 aromatic rings. The molecule has 5 heterocycles. The summed E-state index contributed by atoms with van der Waals surface area (Å²) in [5.41, 5.74) is 3.17. The van der Waals surface area contributed by atoms with Crippen molar-refractivity contribution in [2.75, 3.05) is 45.2 Å². The van der Waals surface area contributed by atoms with Gasteiger partial charge in [-0.15, -0.1) is 0 Å². The number of urea groups is 1. The van der Waals surface area contributed by atoms with Gasteiger partial charge in [0, 0.05) is 68.7 Å². The minimum atomic E-state index is -4.96. The predicted octanol–water partition coefficient (Wildman–Crippen LogP) is 5.33. The number of nitrogens with zero attached hydrogens (tertiary/aromatic N) is 7. The number of pyridine rings is 1. The summed E-state index contributed by atoms with van der Waals surface area (Å²) in [5, 5.41) is 15.6. The molecule has 3 N–H and O–H groups in total. The zero-order valence-electron chi connectivity index (χ0n) is 32.2. The topological polar surface area (TPSA) is 160 Å². The van der Waals surface area contributed by atoms with Crippen molar-refractivity contribution in [3.05, 3.63) is 90.8 Å². The maximum Gasteiger partial charge on any atom is 0.451 e. The highest BCUT2D eigenvalue weighted by molar-refractivity contribution is 6.36. The number of anilines is 2. The highest BCUT2D eigenvalue weighted by atomic mass is 35.5. The summed E-state index contributed by atoms with van der Waals surface area (Å²) in [4.78, 5) is 55.0. The van der Waals surface area contributed by atoms with Gasteiger partial charge in [-0.25, -0.2) is 24.5 Å². The van der Waals surface area contributed by atoms with E-state index in [-0.39, 0.29) is 29.6 Å². The molecule has 18 heteroatoms. The van der Waals surface area contributed by atoms with E-state index >= 15 is 0 Å². The molecule has 2 aliphatic heterocycles. The average Bonchev–Trinajstić information content (AvgIpc) is 3.81. The lowest BCUT2D eigenvalue weighted by atomic mass is 9.92. The Morgan fingerprint density at radius 3 is 2.47 bits per heavy atom. The van der Waals surface area contributed by atoms with Gasteiger partial charge in [0.25, 0.3) is 5.56 Å². The van der Waals surface area contributed by atoms with Crippen LogP contribution in [0.2, 0.25) is 5.02 Å². The molecule has 1 aliphatic carbocycles. The summed E-state index contributed by atoms with van der Waals surface area (Å²) in [5.74, 6) is -1.41. The molecule has 3 aromatic heterocycles. The third kappa shape index (κ3) is 6.63. The molecule has 0 radical (unpaired) electrons. The van der Waals surface area contributed by atoms with Gasteiger partial charge in [0.15, 0.2) is 5.65 Å². The highest BCUT2D eigenvalue weighted by Crippen LogP contribution is 2.47. The van der Waals surface area contributed by atoms with Crippen LogP contribution in [0.15, 0.2) is 52.1 Å². The van der Waals surface area contributed by atoms with Crippen molar-refractivity contribution in [3.63, 3.8) is 0 Å². The number of likely N-dealkylation sites (tertiary alicyclic amines) is 1. The lowest BCUT2D eigenvalue weighted by molar-refractivity contribution is -0.144. The van der Waals surface area contributed by atoms with Crippen LogP contribution in [0.3, 0.4) is 0 Å². The first-order valence-corrected chi connectivity index (χ1v) is 19.2. The number of nitrogens with one attached hydrogen (secondary N) is 2. The van der Waals surface area contributed by atoms with Crippen molar-refractivity contribution in [3.8, 4) is 28.3 Å². The molecular weight excluding hydrogens is 779 g/mol. The molecule has 2 saturated heterocycles. The van der Waals surface area contributed by atoms with Crippen molar-refractivity contribution in [1.29, 1.82) is 0 Å². The highest BCUT2D eigenvalue weighted by Gasteiger charge is 2.46. The number of β-amino-alcohol motifs (C(OH)–C–C–N with tert-alkyl or cyclic N) is 1. The van der Waals surface area contributed by atoms with Gasteiger partial charge in [0.05, 0.1) is 30.0 Å². The first-order valence-electron chi connectivity index (χ1n) is 18.9. The van der Waals surface area contributed by atoms with Crippen LogP contribution in [0, 0.1) is 6.92 Å². The maximum atomic E-state index is 14.0. The molecule has 8 rings (SSSR count). The Morgan fingerprint density at radius 1 is 1.02 bits per heavy atom. The number of aromatic nitrogens is 5. The molecule has 2 atom stereocenters. The van der Waals surface area contributed by atoms with Gasteiger partial charge in [-0.05, 0) is 61.4 Å². The SMILES string of the molecule is COc1nc(-c2cccc(-c3cccc(Nc4nc(C(F)(F)F)nc5c4c(=O)n(C)c(=O)n5C)c3C)c2Cl)cc2c1[C@H](N1CC[C@@]3(CCN(CCO)C(=O)N3)C1)CC2. The zero-order chi connectivity index (χ0) is 41.3. The first kappa shape index (κ1) is 39.3. The van der Waals surface area contributed by atoms with Crippen molar-refractivity contribution in [2.24, 2.45) is 14.1 Å². The molecule has 1 spiro atoms. The summed E-state index contributed by atoms with van der Waals surface area (Å²) in [6, 6.07) is 12.7. The fourth-order valence-electron chi connectivity index (χ4n) is 8.67. The van der Waals surface area contributed by atoms with Crippen LogP contribution in [0.25, 0.3) is 33.4 Å². The van der Waals surface area contributed by atoms with Crippen molar-refractivity contribution < 1.29 is 27.8 Å². The van der Waals surface area contributed by atoms with Gasteiger partial charge >= 0.3 is 17.9 Å². The molecule has 304 valence electrons. The summed E-state index contributed by atoms with van der Waals surface area (Å²) >= 11 is 7.20. The van der Waals surface area contributed by atoms with E-state index in [4.69, 9.17) is 21.3 Å². The van der Waals surface area contributed by atoms with Crippen LogP contribution < -0.4 is 26.6 Å². The van der Waals surface area contributed by atoms with E-state index < -0.39 is 34.7 Å². The second kappa shape index (κ2) is 14.7. The standard InChI is InChI=1S/C40H41ClF3N9O5/c1-21-23(7-6-10-26(21)45-32-30-33(48-36(47-32)40(42,43)44)50(2)38(57)51(3)35(30)55)24-8-5-9-25(31(24)41)27-19-22-11-12-28(29(22)34(46-27)58-4)53-16-14-39(20-53)13-15-52(17-18-54)37(56)49-39/h5-10,19,28,54H,11-18,20H2,1-4H3,(H,49,56)(H,45,47,48)/t28-,39+/m1/s1. The number of hydrogen-bond acceptors (Lipinski definition) is 10. The lowest BCUT2D eigenvalue weighted by Gasteiger charge is -2.40. The summed E-state index contributed by atoms with van der Waals surface area (Å²) in [6.45, 7) is 4.12. The zero-order valence-corrected chi connectivity index (χ0v) is 33.0. The van der Waals surface area contributed by atoms with E-state index in [1.165, 1.54) is 14.1 Å².